The van der Waals surface area contributed by atoms with E-state index in [2.05, 4.69) is 50.0 Å². The summed E-state index contributed by atoms with van der Waals surface area (Å²) in [6.07, 6.45) is 19.9. The Balaban J connectivity index is 1.13. The number of nitrogens with one attached hydrogen (secondary N) is 3. The number of anilines is 3. The zero-order valence-corrected chi connectivity index (χ0v) is 26.6. The Labute approximate surface area is 274 Å². The Morgan fingerprint density at radius 2 is 1.77 bits per heavy atom. The second-order valence-electron chi connectivity index (χ2n) is 11.5. The number of carbonyl (C=O) groups excluding carboxylic acids is 1. The van der Waals surface area contributed by atoms with Crippen LogP contribution in [0.4, 0.5) is 22.2 Å². The Bertz CT molecular complexity index is 1820. The van der Waals surface area contributed by atoms with E-state index in [0.29, 0.717) is 36.3 Å². The SMILES string of the molecule is CCCCc1cc(NC(=O)NC2=CC=C(OCc3ccnc(Nc4cnc(CN)cn4)c3)C3C=CC=CC23)n(-c2ccc(C)cc2)n1. The number of hydrogen-bond acceptors (Lipinski definition) is 8. The van der Waals surface area contributed by atoms with Crippen LogP contribution < -0.4 is 21.7 Å². The fourth-order valence-corrected chi connectivity index (χ4v) is 5.46. The third-order valence-electron chi connectivity index (χ3n) is 7.97. The summed E-state index contributed by atoms with van der Waals surface area (Å²) < 4.78 is 8.12. The molecule has 0 radical (unpaired) electrons. The molecule has 0 spiro atoms. The summed E-state index contributed by atoms with van der Waals surface area (Å²) in [4.78, 5) is 26.4. The maximum atomic E-state index is 13.4. The second kappa shape index (κ2) is 14.7. The third kappa shape index (κ3) is 7.82. The topological polar surface area (TPSA) is 145 Å². The highest BCUT2D eigenvalue weighted by Crippen LogP contribution is 2.36. The number of fused-ring (bicyclic) bond motifs is 1. The largest absolute Gasteiger partial charge is 0.493 e. The number of allylic oxidation sites excluding steroid dienone is 6. The van der Waals surface area contributed by atoms with Crippen LogP contribution in [-0.4, -0.2) is 30.8 Å². The van der Waals surface area contributed by atoms with Gasteiger partial charge in [-0.15, -0.1) is 0 Å². The number of pyridine rings is 1. The van der Waals surface area contributed by atoms with Crippen LogP contribution in [0.5, 0.6) is 0 Å². The molecule has 240 valence electrons. The number of aryl methyl sites for hydroxylation is 2. The molecule has 2 aliphatic carbocycles. The van der Waals surface area contributed by atoms with E-state index in [-0.39, 0.29) is 17.9 Å². The van der Waals surface area contributed by atoms with E-state index in [1.807, 2.05) is 73.7 Å². The van der Waals surface area contributed by atoms with E-state index >= 15 is 0 Å². The van der Waals surface area contributed by atoms with Gasteiger partial charge in [0, 0.05) is 36.3 Å². The lowest BCUT2D eigenvalue weighted by Gasteiger charge is -2.31. The Morgan fingerprint density at radius 3 is 2.53 bits per heavy atom. The van der Waals surface area contributed by atoms with Crippen LogP contribution in [0.25, 0.3) is 5.69 Å². The molecule has 0 saturated carbocycles. The van der Waals surface area contributed by atoms with Crippen molar-refractivity contribution in [3.05, 3.63) is 131 Å². The normalized spacial score (nSPS) is 16.6. The molecule has 4 aromatic rings. The van der Waals surface area contributed by atoms with Gasteiger partial charge in [0.15, 0.2) is 0 Å². The van der Waals surface area contributed by atoms with Gasteiger partial charge in [-0.2, -0.15) is 5.10 Å². The number of aromatic nitrogens is 5. The van der Waals surface area contributed by atoms with E-state index < -0.39 is 0 Å². The second-order valence-corrected chi connectivity index (χ2v) is 11.5. The van der Waals surface area contributed by atoms with Crippen molar-refractivity contribution in [1.82, 2.24) is 30.0 Å². The van der Waals surface area contributed by atoms with Crippen molar-refractivity contribution in [3.63, 3.8) is 0 Å². The summed E-state index contributed by atoms with van der Waals surface area (Å²) in [6.45, 7) is 4.89. The first-order valence-corrected chi connectivity index (χ1v) is 15.9. The molecule has 6 rings (SSSR count). The van der Waals surface area contributed by atoms with Crippen molar-refractivity contribution in [1.29, 1.82) is 0 Å². The molecule has 1 aromatic carbocycles. The number of hydrogen-bond donors (Lipinski definition) is 4. The minimum Gasteiger partial charge on any atom is -0.493 e. The van der Waals surface area contributed by atoms with Gasteiger partial charge in [0.25, 0.3) is 0 Å². The smallest absolute Gasteiger partial charge is 0.324 e. The molecular weight excluding hydrogens is 590 g/mol. The first-order chi connectivity index (χ1) is 23.0. The monoisotopic (exact) mass is 629 g/mol. The zero-order chi connectivity index (χ0) is 32.6. The Morgan fingerprint density at radius 1 is 0.936 bits per heavy atom. The summed E-state index contributed by atoms with van der Waals surface area (Å²) in [5.41, 5.74) is 11.0. The number of benzene rings is 1. The van der Waals surface area contributed by atoms with Gasteiger partial charge in [-0.1, -0.05) is 55.3 Å². The summed E-state index contributed by atoms with van der Waals surface area (Å²) in [5.74, 6) is 2.50. The number of unbranched alkanes of at least 4 members (excludes halogenated alkanes) is 1. The van der Waals surface area contributed by atoms with Crippen LogP contribution in [-0.2, 0) is 24.3 Å². The number of nitrogens with zero attached hydrogens (tertiary/aromatic N) is 5. The maximum Gasteiger partial charge on any atom is 0.324 e. The van der Waals surface area contributed by atoms with Crippen LogP contribution in [0.1, 0.15) is 42.3 Å². The number of nitrogens with two attached hydrogens (primary N) is 1. The molecule has 0 bridgehead atoms. The first kappa shape index (κ1) is 31.4. The van der Waals surface area contributed by atoms with Crippen LogP contribution in [0.3, 0.4) is 0 Å². The minimum atomic E-state index is -0.329. The standard InChI is InChI=1S/C36H39N9O2/c1-3-4-7-26-19-35(45(44-26)28-12-10-24(2)11-13-28)43-36(46)41-31-14-15-32(30-9-6-5-8-29(30)31)47-23-25-16-17-38-33(18-25)42-34-22-39-27(20-37)21-40-34/h5-6,8-19,21-22,29-30H,3-4,7,20,23,37H2,1-2H3,(H,38,40,42)(H2,41,43,46). The summed E-state index contributed by atoms with van der Waals surface area (Å²) in [6, 6.07) is 13.5. The Hall–Kier alpha value is -5.55. The van der Waals surface area contributed by atoms with Gasteiger partial charge in [-0.05, 0) is 61.7 Å². The molecule has 2 amide bonds. The van der Waals surface area contributed by atoms with Crippen LogP contribution in [0, 0.1) is 18.8 Å². The third-order valence-corrected chi connectivity index (χ3v) is 7.97. The zero-order valence-electron chi connectivity index (χ0n) is 26.6. The lowest BCUT2D eigenvalue weighted by Crippen LogP contribution is -2.35. The van der Waals surface area contributed by atoms with E-state index in [1.54, 1.807) is 23.3 Å². The van der Waals surface area contributed by atoms with Crippen molar-refractivity contribution in [3.8, 4) is 5.69 Å². The van der Waals surface area contributed by atoms with Crippen LogP contribution >= 0.6 is 0 Å². The van der Waals surface area contributed by atoms with Gasteiger partial charge in [0.05, 0.1) is 29.5 Å². The number of rotatable bonds is 12. The summed E-state index contributed by atoms with van der Waals surface area (Å²) in [7, 11) is 0. The quantitative estimate of drug-likeness (QED) is 0.141. The van der Waals surface area contributed by atoms with Crippen molar-refractivity contribution in [2.75, 3.05) is 10.6 Å². The molecule has 47 heavy (non-hydrogen) atoms. The van der Waals surface area contributed by atoms with Crippen molar-refractivity contribution in [2.24, 2.45) is 17.6 Å². The fraction of sp³-hybridized carbons (Fsp3) is 0.250. The van der Waals surface area contributed by atoms with Gasteiger partial charge in [0.2, 0.25) is 0 Å². The highest BCUT2D eigenvalue weighted by Gasteiger charge is 2.30. The van der Waals surface area contributed by atoms with Gasteiger partial charge in [0.1, 0.15) is 29.8 Å². The van der Waals surface area contributed by atoms with Gasteiger partial charge < -0.3 is 21.1 Å². The number of amides is 2. The van der Waals surface area contributed by atoms with Crippen molar-refractivity contribution >= 4 is 23.5 Å². The molecule has 2 atom stereocenters. The molecule has 2 aliphatic rings. The van der Waals surface area contributed by atoms with Gasteiger partial charge in [-0.25, -0.2) is 19.4 Å². The average Bonchev–Trinajstić information content (AvgIpc) is 3.49. The lowest BCUT2D eigenvalue weighted by molar-refractivity contribution is 0.164. The lowest BCUT2D eigenvalue weighted by atomic mass is 9.81. The van der Waals surface area contributed by atoms with Gasteiger partial charge >= 0.3 is 6.03 Å². The molecule has 0 aliphatic heterocycles. The van der Waals surface area contributed by atoms with E-state index in [4.69, 9.17) is 15.6 Å². The molecule has 3 heterocycles. The molecule has 11 nitrogen and oxygen atoms in total. The predicted molar refractivity (Wildman–Crippen MR) is 183 cm³/mol. The fourth-order valence-electron chi connectivity index (χ4n) is 5.46. The number of ether oxygens (including phenoxy) is 1. The number of urea groups is 1. The summed E-state index contributed by atoms with van der Waals surface area (Å²) >= 11 is 0. The van der Waals surface area contributed by atoms with Gasteiger partial charge in [-0.3, -0.25) is 10.3 Å². The highest BCUT2D eigenvalue weighted by molar-refractivity contribution is 5.90. The molecule has 2 unspecified atom stereocenters. The maximum absolute atomic E-state index is 13.4. The first-order valence-electron chi connectivity index (χ1n) is 15.9. The van der Waals surface area contributed by atoms with E-state index in [0.717, 1.165) is 53.2 Å². The molecule has 3 aromatic heterocycles. The summed E-state index contributed by atoms with van der Waals surface area (Å²) in [5, 5.41) is 14.1. The molecule has 11 heteroatoms. The van der Waals surface area contributed by atoms with Crippen molar-refractivity contribution in [2.45, 2.75) is 46.3 Å². The molecule has 0 saturated heterocycles. The minimum absolute atomic E-state index is 0.0604. The van der Waals surface area contributed by atoms with Crippen LogP contribution in [0.2, 0.25) is 0 Å². The molecule has 0 fully saturated rings. The van der Waals surface area contributed by atoms with Crippen LogP contribution in [0.15, 0.2) is 109 Å². The highest BCUT2D eigenvalue weighted by atomic mass is 16.5. The van der Waals surface area contributed by atoms with E-state index in [1.165, 1.54) is 0 Å². The average molecular weight is 630 g/mol. The predicted octanol–water partition coefficient (Wildman–Crippen LogP) is 6.39. The molecular formula is C36H39N9O2. The van der Waals surface area contributed by atoms with Crippen molar-refractivity contribution < 1.29 is 9.53 Å². The number of carbonyl (C=O) groups is 1. The molecule has 5 N–H and O–H groups in total. The Kier molecular flexibility index (Phi) is 9.83. The van der Waals surface area contributed by atoms with E-state index in [9.17, 15) is 4.79 Å².